The van der Waals surface area contributed by atoms with Crippen LogP contribution in [0.5, 0.6) is 5.75 Å². The summed E-state index contributed by atoms with van der Waals surface area (Å²) in [7, 11) is 0. The van der Waals surface area contributed by atoms with E-state index in [0.29, 0.717) is 30.9 Å². The Balaban J connectivity index is 1.36. The largest absolute Gasteiger partial charge is 0.492 e. The average Bonchev–Trinajstić information content (AvgIpc) is 3.84. The molecule has 1 aromatic heterocycles. The predicted molar refractivity (Wildman–Crippen MR) is 146 cm³/mol. The molecule has 2 saturated carbocycles. The van der Waals surface area contributed by atoms with Crippen LogP contribution in [0.2, 0.25) is 0 Å². The first-order valence-electron chi connectivity index (χ1n) is 13.3. The Morgan fingerprint density at radius 2 is 2.03 bits per heavy atom. The first-order valence-corrected chi connectivity index (χ1v) is 13.3. The van der Waals surface area contributed by atoms with Gasteiger partial charge in [-0.2, -0.15) is 0 Å². The number of nitrogens with zero attached hydrogens (tertiary/aromatic N) is 2. The number of para-hydroxylation sites is 1. The second-order valence-electron chi connectivity index (χ2n) is 10.3. The van der Waals surface area contributed by atoms with E-state index in [2.05, 4.69) is 20.9 Å². The van der Waals surface area contributed by atoms with Crippen LogP contribution in [-0.2, 0) is 5.54 Å². The van der Waals surface area contributed by atoms with Crippen molar-refractivity contribution in [1.82, 2.24) is 20.2 Å². The third kappa shape index (κ3) is 5.89. The number of rotatable bonds is 12. The third-order valence-electron chi connectivity index (χ3n) is 6.97. The first-order chi connectivity index (χ1) is 18.4. The number of hydrogen-bond donors (Lipinski definition) is 4. The summed E-state index contributed by atoms with van der Waals surface area (Å²) < 4.78 is 7.61. The van der Waals surface area contributed by atoms with Crippen LogP contribution in [0.1, 0.15) is 54.1 Å². The van der Waals surface area contributed by atoms with Crippen molar-refractivity contribution in [3.63, 3.8) is 0 Å². The van der Waals surface area contributed by atoms with E-state index in [4.69, 9.17) is 4.74 Å². The number of nitrogens with one attached hydrogen (secondary N) is 3. The van der Waals surface area contributed by atoms with Crippen LogP contribution in [0.4, 0.5) is 5.82 Å². The van der Waals surface area contributed by atoms with Gasteiger partial charge in [0.15, 0.2) is 5.82 Å². The first kappa shape index (κ1) is 25.9. The number of carbonyl (C=O) groups excluding carboxylic acids is 1. The van der Waals surface area contributed by atoms with Crippen LogP contribution in [-0.4, -0.2) is 52.4 Å². The van der Waals surface area contributed by atoms with Crippen LogP contribution < -0.4 is 26.2 Å². The molecule has 4 N–H and O–H groups in total. The van der Waals surface area contributed by atoms with Gasteiger partial charge in [0, 0.05) is 42.7 Å². The molecule has 0 unspecified atom stereocenters. The minimum atomic E-state index is -0.435. The Hall–Kier alpha value is -3.69. The molecule has 9 nitrogen and oxygen atoms in total. The van der Waals surface area contributed by atoms with E-state index in [9.17, 15) is 14.7 Å². The molecule has 200 valence electrons. The van der Waals surface area contributed by atoms with Gasteiger partial charge in [0.2, 0.25) is 0 Å². The lowest BCUT2D eigenvalue weighted by Gasteiger charge is -2.22. The number of hydrogen-bond acceptors (Lipinski definition) is 7. The normalized spacial score (nSPS) is 16.5. The van der Waals surface area contributed by atoms with Crippen molar-refractivity contribution in [1.29, 1.82) is 0 Å². The molecule has 38 heavy (non-hydrogen) atoms. The van der Waals surface area contributed by atoms with Crippen LogP contribution in [0.15, 0.2) is 59.7 Å². The maximum Gasteiger partial charge on any atom is 0.297 e. The fourth-order valence-electron chi connectivity index (χ4n) is 4.54. The fourth-order valence-corrected chi connectivity index (χ4v) is 4.54. The fraction of sp³-hybridized carbons (Fsp3) is 0.414. The molecule has 9 heteroatoms. The van der Waals surface area contributed by atoms with Gasteiger partial charge in [-0.05, 0) is 63.3 Å². The molecular weight excluding hydrogens is 482 g/mol. The van der Waals surface area contributed by atoms with Gasteiger partial charge >= 0.3 is 0 Å². The van der Waals surface area contributed by atoms with Gasteiger partial charge in [0.25, 0.3) is 11.5 Å². The second kappa shape index (κ2) is 11.0. The van der Waals surface area contributed by atoms with E-state index in [1.165, 1.54) is 0 Å². The maximum atomic E-state index is 13.6. The van der Waals surface area contributed by atoms with Gasteiger partial charge in [0.05, 0.1) is 17.3 Å². The van der Waals surface area contributed by atoms with Crippen molar-refractivity contribution in [2.45, 2.75) is 57.2 Å². The minimum absolute atomic E-state index is 0.121. The van der Waals surface area contributed by atoms with Gasteiger partial charge in [-0.15, -0.1) is 0 Å². The number of benzene rings is 2. The summed E-state index contributed by atoms with van der Waals surface area (Å²) >= 11 is 0. The van der Waals surface area contributed by atoms with Crippen LogP contribution >= 0.6 is 0 Å². The summed E-state index contributed by atoms with van der Waals surface area (Å²) in [5.41, 5.74) is 2.35. The molecular formula is C29H35N5O4. The van der Waals surface area contributed by atoms with Crippen molar-refractivity contribution in [2.24, 2.45) is 0 Å². The van der Waals surface area contributed by atoms with Crippen molar-refractivity contribution >= 4 is 11.7 Å². The average molecular weight is 518 g/mol. The monoisotopic (exact) mass is 517 g/mol. The summed E-state index contributed by atoms with van der Waals surface area (Å²) in [6, 6.07) is 13.5. The Kier molecular flexibility index (Phi) is 7.49. The van der Waals surface area contributed by atoms with E-state index in [1.807, 2.05) is 37.3 Å². The van der Waals surface area contributed by atoms with Crippen LogP contribution in [0, 0.1) is 6.92 Å². The SMILES string of the molecule is Cc1ccc(C(=O)NC2CC2)cc1-n1ccnc(NC2(c3ccccc3OCCNC[C@H](C)O)CC2)c1=O. The zero-order valence-electron chi connectivity index (χ0n) is 21.9. The van der Waals surface area contributed by atoms with E-state index in [1.54, 1.807) is 36.0 Å². The van der Waals surface area contributed by atoms with Crippen molar-refractivity contribution in [3.05, 3.63) is 81.9 Å². The highest BCUT2D eigenvalue weighted by atomic mass is 16.5. The van der Waals surface area contributed by atoms with Gasteiger partial charge < -0.3 is 25.8 Å². The molecule has 5 rings (SSSR count). The Bertz CT molecular complexity index is 1360. The van der Waals surface area contributed by atoms with E-state index >= 15 is 0 Å². The Morgan fingerprint density at radius 1 is 1.24 bits per heavy atom. The summed E-state index contributed by atoms with van der Waals surface area (Å²) in [4.78, 5) is 30.6. The summed E-state index contributed by atoms with van der Waals surface area (Å²) in [5.74, 6) is 0.896. The number of anilines is 1. The van der Waals surface area contributed by atoms with Gasteiger partial charge in [-0.25, -0.2) is 4.98 Å². The molecule has 2 aromatic carbocycles. The number of aliphatic hydroxyl groups is 1. The molecule has 0 spiro atoms. The molecule has 0 aliphatic heterocycles. The Labute approximate surface area is 222 Å². The van der Waals surface area contributed by atoms with Crippen molar-refractivity contribution < 1.29 is 14.6 Å². The lowest BCUT2D eigenvalue weighted by atomic mass is 10.0. The second-order valence-corrected chi connectivity index (χ2v) is 10.3. The third-order valence-corrected chi connectivity index (χ3v) is 6.97. The topological polar surface area (TPSA) is 118 Å². The highest BCUT2D eigenvalue weighted by molar-refractivity contribution is 5.95. The van der Waals surface area contributed by atoms with Crippen LogP contribution in [0.25, 0.3) is 5.69 Å². The molecule has 2 aliphatic carbocycles. The van der Waals surface area contributed by atoms with Crippen molar-refractivity contribution in [3.8, 4) is 11.4 Å². The highest BCUT2D eigenvalue weighted by Crippen LogP contribution is 2.50. The van der Waals surface area contributed by atoms with E-state index in [0.717, 1.165) is 42.6 Å². The molecule has 2 fully saturated rings. The van der Waals surface area contributed by atoms with Crippen LogP contribution in [0.3, 0.4) is 0 Å². The standard InChI is InChI=1S/C29H35N5O4/c1-19-7-8-21(27(36)32-22-9-10-22)17-24(19)34-15-13-31-26(28(34)37)33-29(11-12-29)23-5-3-4-6-25(23)38-16-14-30-18-20(2)35/h3-8,13,15,17,20,22,30,35H,9-12,14,16,18H2,1-2H3,(H,31,33)(H,32,36)/t20-/m0/s1. The number of carbonyl (C=O) groups is 1. The summed E-state index contributed by atoms with van der Waals surface area (Å²) in [5, 5.41) is 19.0. The molecule has 3 aromatic rings. The van der Waals surface area contributed by atoms with Gasteiger partial charge in [-0.1, -0.05) is 24.3 Å². The molecule has 0 radical (unpaired) electrons. The molecule has 0 saturated heterocycles. The minimum Gasteiger partial charge on any atom is -0.492 e. The number of amides is 1. The number of aromatic nitrogens is 2. The molecule has 2 aliphatic rings. The predicted octanol–water partition coefficient (Wildman–Crippen LogP) is 2.88. The maximum absolute atomic E-state index is 13.6. The highest BCUT2D eigenvalue weighted by Gasteiger charge is 2.47. The molecule has 1 amide bonds. The van der Waals surface area contributed by atoms with Gasteiger partial charge in [0.1, 0.15) is 12.4 Å². The molecule has 1 atom stereocenters. The summed E-state index contributed by atoms with van der Waals surface area (Å²) in [6.45, 7) is 5.24. The lowest BCUT2D eigenvalue weighted by molar-refractivity contribution is 0.0951. The zero-order chi connectivity index (χ0) is 26.7. The van der Waals surface area contributed by atoms with E-state index < -0.39 is 11.6 Å². The molecule has 0 bridgehead atoms. The van der Waals surface area contributed by atoms with Crippen molar-refractivity contribution in [2.75, 3.05) is 25.0 Å². The number of aryl methyl sites for hydroxylation is 1. The lowest BCUT2D eigenvalue weighted by Crippen LogP contribution is -2.30. The Morgan fingerprint density at radius 3 is 2.76 bits per heavy atom. The zero-order valence-corrected chi connectivity index (χ0v) is 21.9. The van der Waals surface area contributed by atoms with Gasteiger partial charge in [-0.3, -0.25) is 14.2 Å². The molecule has 1 heterocycles. The quantitative estimate of drug-likeness (QED) is 0.273. The summed E-state index contributed by atoms with van der Waals surface area (Å²) in [6.07, 6.45) is 6.55. The number of ether oxygens (including phenoxy) is 1. The number of aliphatic hydroxyl groups excluding tert-OH is 1. The van der Waals surface area contributed by atoms with E-state index in [-0.39, 0.29) is 23.3 Å². The smallest absolute Gasteiger partial charge is 0.297 e.